The van der Waals surface area contributed by atoms with Gasteiger partial charge in [-0.15, -0.1) is 0 Å². The van der Waals surface area contributed by atoms with Crippen molar-refractivity contribution in [2.45, 2.75) is 329 Å². The zero-order valence-electron chi connectivity index (χ0n) is 51.4. The van der Waals surface area contributed by atoms with Crippen molar-refractivity contribution in [3.8, 4) is 0 Å². The van der Waals surface area contributed by atoms with Gasteiger partial charge in [-0.2, -0.15) is 0 Å². The fourth-order valence-electron chi connectivity index (χ4n) is 9.35. The van der Waals surface area contributed by atoms with Crippen molar-refractivity contribution in [2.24, 2.45) is 0 Å². The zero-order chi connectivity index (χ0) is 56.4. The molecule has 0 bridgehead atoms. The van der Waals surface area contributed by atoms with E-state index >= 15 is 0 Å². The van der Waals surface area contributed by atoms with Crippen molar-refractivity contribution >= 4 is 17.9 Å². The molecule has 0 aromatic rings. The molecule has 448 valence electrons. The highest BCUT2D eigenvalue weighted by atomic mass is 16.6. The SMILES string of the molecule is CC/C=C\C/C=C\C/C=C\C/C=C\C/C=C\C/C=C\CCCCCCCCCCC(=O)OCC(COC(=O)CCCCCCC/C=C\C/C=C\CCCC)OC(=O)CCCCCCCCCCCCCCCCCCCCC. The largest absolute Gasteiger partial charge is 0.462 e. The quantitative estimate of drug-likeness (QED) is 0.0261. The Labute approximate surface area is 483 Å². The molecule has 1 atom stereocenters. The first-order valence-corrected chi connectivity index (χ1v) is 33.2. The van der Waals surface area contributed by atoms with Gasteiger partial charge < -0.3 is 14.2 Å². The molecule has 0 spiro atoms. The van der Waals surface area contributed by atoms with E-state index in [-0.39, 0.29) is 31.1 Å². The van der Waals surface area contributed by atoms with Crippen LogP contribution in [-0.2, 0) is 28.6 Å². The maximum absolute atomic E-state index is 12.9. The number of hydrogen-bond donors (Lipinski definition) is 0. The lowest BCUT2D eigenvalue weighted by Gasteiger charge is -2.18. The van der Waals surface area contributed by atoms with Gasteiger partial charge in [-0.05, 0) is 96.3 Å². The Morgan fingerprint density at radius 1 is 0.269 bits per heavy atom. The van der Waals surface area contributed by atoms with Crippen LogP contribution < -0.4 is 0 Å². The Balaban J connectivity index is 4.34. The first-order valence-electron chi connectivity index (χ1n) is 33.2. The summed E-state index contributed by atoms with van der Waals surface area (Å²) in [6, 6.07) is 0. The Hall–Kier alpha value is -3.67. The monoisotopic (exact) mass is 1080 g/mol. The molecule has 0 radical (unpaired) electrons. The first kappa shape index (κ1) is 74.3. The van der Waals surface area contributed by atoms with Gasteiger partial charge in [0.05, 0.1) is 0 Å². The fourth-order valence-corrected chi connectivity index (χ4v) is 9.35. The van der Waals surface area contributed by atoms with Crippen molar-refractivity contribution in [1.82, 2.24) is 0 Å². The van der Waals surface area contributed by atoms with Gasteiger partial charge in [0.15, 0.2) is 6.10 Å². The molecule has 0 aliphatic heterocycles. The second kappa shape index (κ2) is 65.8. The van der Waals surface area contributed by atoms with Gasteiger partial charge in [0, 0.05) is 19.3 Å². The summed E-state index contributed by atoms with van der Waals surface area (Å²) in [7, 11) is 0. The molecule has 0 aliphatic carbocycles. The van der Waals surface area contributed by atoms with Gasteiger partial charge >= 0.3 is 17.9 Å². The molecule has 0 aromatic heterocycles. The van der Waals surface area contributed by atoms with E-state index in [1.165, 1.54) is 161 Å². The van der Waals surface area contributed by atoms with Crippen LogP contribution in [0, 0.1) is 0 Å². The fraction of sp³-hybridized carbons (Fsp3) is 0.736. The average molecular weight is 1090 g/mol. The van der Waals surface area contributed by atoms with Gasteiger partial charge in [0.25, 0.3) is 0 Å². The van der Waals surface area contributed by atoms with Gasteiger partial charge in [-0.1, -0.05) is 304 Å². The van der Waals surface area contributed by atoms with Gasteiger partial charge in [-0.3, -0.25) is 14.4 Å². The molecule has 0 saturated heterocycles. The Kier molecular flexibility index (Phi) is 62.7. The Morgan fingerprint density at radius 2 is 0.513 bits per heavy atom. The molecular formula is C72H124O6. The molecule has 6 heteroatoms. The third-order valence-electron chi connectivity index (χ3n) is 14.3. The van der Waals surface area contributed by atoms with Crippen LogP contribution in [0.3, 0.4) is 0 Å². The third kappa shape index (κ3) is 63.2. The standard InChI is InChI=1S/C72H124O6/c1-4-7-10-13-16-19-22-25-28-30-32-33-34-35-36-37-38-39-41-42-44-47-50-53-56-59-62-65-71(74)77-68-69(67-76-70(73)64-61-58-55-52-49-46-27-24-21-18-15-12-9-6-3)78-72(75)66-63-60-57-54-51-48-45-43-40-31-29-26-23-20-17-14-11-8-5-2/h7,10,15-16,18-19,24-25,27-28,32-33,35-36,38-39,69H,4-6,8-9,11-14,17,20-23,26,29-31,34,37,40-68H2,1-3H3/b10-7-,18-15-,19-16-,27-24-,28-25-,33-32-,36-35-,39-38-. The number of esters is 3. The first-order chi connectivity index (χ1) is 38.5. The van der Waals surface area contributed by atoms with E-state index in [9.17, 15) is 14.4 Å². The highest BCUT2D eigenvalue weighted by Crippen LogP contribution is 2.17. The number of unbranched alkanes of at least 4 members (excludes halogenated alkanes) is 33. The molecule has 0 saturated carbocycles. The molecule has 0 aromatic carbocycles. The number of hydrogen-bond acceptors (Lipinski definition) is 6. The number of rotatable bonds is 60. The molecule has 0 amide bonds. The molecule has 6 nitrogen and oxygen atoms in total. The molecule has 0 N–H and O–H groups in total. The van der Waals surface area contributed by atoms with Gasteiger partial charge in [0.2, 0.25) is 0 Å². The summed E-state index contributed by atoms with van der Waals surface area (Å²) in [4.78, 5) is 38.4. The predicted octanol–water partition coefficient (Wildman–Crippen LogP) is 22.8. The van der Waals surface area contributed by atoms with E-state index < -0.39 is 6.10 Å². The second-order valence-corrected chi connectivity index (χ2v) is 22.0. The van der Waals surface area contributed by atoms with Crippen LogP contribution in [0.5, 0.6) is 0 Å². The summed E-state index contributed by atoms with van der Waals surface area (Å²) in [5.74, 6) is -0.891. The lowest BCUT2D eigenvalue weighted by molar-refractivity contribution is -0.167. The number of allylic oxidation sites excluding steroid dienone is 16. The highest BCUT2D eigenvalue weighted by Gasteiger charge is 2.19. The van der Waals surface area contributed by atoms with E-state index in [4.69, 9.17) is 14.2 Å². The molecule has 1 unspecified atom stereocenters. The minimum atomic E-state index is -0.787. The normalized spacial score (nSPS) is 12.7. The Bertz CT molecular complexity index is 1530. The van der Waals surface area contributed by atoms with Gasteiger partial charge in [0.1, 0.15) is 13.2 Å². The number of ether oxygens (including phenoxy) is 3. The molecule has 0 aliphatic rings. The topological polar surface area (TPSA) is 78.9 Å². The van der Waals surface area contributed by atoms with Crippen LogP contribution in [-0.4, -0.2) is 37.2 Å². The van der Waals surface area contributed by atoms with Crippen molar-refractivity contribution < 1.29 is 28.6 Å². The minimum Gasteiger partial charge on any atom is -0.462 e. The van der Waals surface area contributed by atoms with E-state index in [1.807, 2.05) is 0 Å². The van der Waals surface area contributed by atoms with Crippen molar-refractivity contribution in [3.63, 3.8) is 0 Å². The van der Waals surface area contributed by atoms with E-state index in [1.54, 1.807) is 0 Å². The van der Waals surface area contributed by atoms with Gasteiger partial charge in [-0.25, -0.2) is 0 Å². The van der Waals surface area contributed by atoms with E-state index in [0.717, 1.165) is 122 Å². The maximum Gasteiger partial charge on any atom is 0.306 e. The van der Waals surface area contributed by atoms with Crippen LogP contribution >= 0.6 is 0 Å². The molecular weight excluding hydrogens is 961 g/mol. The summed E-state index contributed by atoms with van der Waals surface area (Å²) in [5, 5.41) is 0. The summed E-state index contributed by atoms with van der Waals surface area (Å²) >= 11 is 0. The summed E-state index contributed by atoms with van der Waals surface area (Å²) in [6.07, 6.45) is 88.4. The lowest BCUT2D eigenvalue weighted by Crippen LogP contribution is -2.30. The number of carbonyl (C=O) groups is 3. The molecule has 0 rings (SSSR count). The van der Waals surface area contributed by atoms with Crippen LogP contribution in [0.25, 0.3) is 0 Å². The molecule has 78 heavy (non-hydrogen) atoms. The summed E-state index contributed by atoms with van der Waals surface area (Å²) in [5.41, 5.74) is 0. The highest BCUT2D eigenvalue weighted by molar-refractivity contribution is 5.71. The van der Waals surface area contributed by atoms with Crippen LogP contribution in [0.4, 0.5) is 0 Å². The lowest BCUT2D eigenvalue weighted by atomic mass is 10.0. The van der Waals surface area contributed by atoms with Crippen molar-refractivity contribution in [2.75, 3.05) is 13.2 Å². The third-order valence-corrected chi connectivity index (χ3v) is 14.3. The smallest absolute Gasteiger partial charge is 0.306 e. The van der Waals surface area contributed by atoms with Crippen LogP contribution in [0.15, 0.2) is 97.2 Å². The minimum absolute atomic E-state index is 0.0841. The van der Waals surface area contributed by atoms with E-state index in [2.05, 4.69) is 118 Å². The van der Waals surface area contributed by atoms with Crippen molar-refractivity contribution in [3.05, 3.63) is 97.2 Å². The summed E-state index contributed by atoms with van der Waals surface area (Å²) < 4.78 is 16.9. The predicted molar refractivity (Wildman–Crippen MR) is 339 cm³/mol. The van der Waals surface area contributed by atoms with Crippen LogP contribution in [0.1, 0.15) is 323 Å². The molecule has 0 heterocycles. The van der Waals surface area contributed by atoms with E-state index in [0.29, 0.717) is 19.3 Å². The molecule has 0 fully saturated rings. The average Bonchev–Trinajstić information content (AvgIpc) is 3.44. The maximum atomic E-state index is 12.9. The Morgan fingerprint density at radius 3 is 0.821 bits per heavy atom. The zero-order valence-corrected chi connectivity index (χ0v) is 51.4. The number of carbonyl (C=O) groups excluding carboxylic acids is 3. The van der Waals surface area contributed by atoms with Crippen molar-refractivity contribution in [1.29, 1.82) is 0 Å². The second-order valence-electron chi connectivity index (χ2n) is 22.0. The van der Waals surface area contributed by atoms with Crippen LogP contribution in [0.2, 0.25) is 0 Å². The summed E-state index contributed by atoms with van der Waals surface area (Å²) in [6.45, 7) is 6.50.